The minimum atomic E-state index is 0.139. The number of nitrogens with one attached hydrogen (secondary N) is 2. The largest absolute Gasteiger partial charge is 0.359 e. The maximum absolute atomic E-state index is 11.4. The summed E-state index contributed by atoms with van der Waals surface area (Å²) >= 11 is 1.71. The number of nitrogens with zero attached hydrogens (tertiary/aromatic N) is 3. The quantitative estimate of drug-likeness (QED) is 0.649. The molecule has 0 saturated carbocycles. The molecule has 2 N–H and O–H groups in total. The van der Waals surface area contributed by atoms with Crippen LogP contribution >= 0.6 is 11.3 Å². The number of aromatic nitrogens is 1. The fourth-order valence-electron chi connectivity index (χ4n) is 2.68. The molecule has 1 amide bonds. The van der Waals surface area contributed by atoms with Crippen LogP contribution in [0.3, 0.4) is 0 Å². The first-order valence-electron chi connectivity index (χ1n) is 7.70. The van der Waals surface area contributed by atoms with Gasteiger partial charge in [0.1, 0.15) is 5.01 Å². The zero-order valence-corrected chi connectivity index (χ0v) is 14.4. The molecule has 0 atom stereocenters. The third kappa shape index (κ3) is 4.69. The zero-order chi connectivity index (χ0) is 15.9. The predicted octanol–water partition coefficient (Wildman–Crippen LogP) is 1.38. The van der Waals surface area contributed by atoms with E-state index in [9.17, 15) is 4.79 Å². The Morgan fingerprint density at radius 3 is 2.77 bits per heavy atom. The molecule has 1 aromatic rings. The Morgan fingerprint density at radius 1 is 1.50 bits per heavy atom. The summed E-state index contributed by atoms with van der Waals surface area (Å²) in [7, 11) is 3.51. The van der Waals surface area contributed by atoms with Gasteiger partial charge in [0.25, 0.3) is 0 Å². The molecule has 1 aliphatic heterocycles. The Hall–Kier alpha value is -1.63. The summed E-state index contributed by atoms with van der Waals surface area (Å²) < 4.78 is 0. The number of aliphatic imine (C=N–C) groups is 1. The molecule has 122 valence electrons. The van der Waals surface area contributed by atoms with Gasteiger partial charge in [0.15, 0.2) is 5.96 Å². The Labute approximate surface area is 136 Å². The molecule has 0 aromatic carbocycles. The number of piperidine rings is 1. The highest BCUT2D eigenvalue weighted by Crippen LogP contribution is 2.20. The van der Waals surface area contributed by atoms with E-state index in [1.165, 1.54) is 4.88 Å². The lowest BCUT2D eigenvalue weighted by Crippen LogP contribution is -2.45. The molecule has 1 aromatic heterocycles. The molecule has 2 rings (SSSR count). The first kappa shape index (κ1) is 16.7. The minimum Gasteiger partial charge on any atom is -0.359 e. The number of hydrogen-bond acceptors (Lipinski definition) is 4. The fraction of sp³-hybridized carbons (Fsp3) is 0.667. The Balaban J connectivity index is 1.79. The average molecular weight is 323 g/mol. The van der Waals surface area contributed by atoms with Crippen molar-refractivity contribution in [2.24, 2.45) is 10.9 Å². The van der Waals surface area contributed by atoms with Gasteiger partial charge in [-0.1, -0.05) is 0 Å². The van der Waals surface area contributed by atoms with Gasteiger partial charge in [0.05, 0.1) is 6.54 Å². The number of rotatable bonds is 4. The van der Waals surface area contributed by atoms with Gasteiger partial charge in [-0.25, -0.2) is 4.98 Å². The highest BCUT2D eigenvalue weighted by molar-refractivity contribution is 7.11. The summed E-state index contributed by atoms with van der Waals surface area (Å²) in [6.07, 6.45) is 4.60. The Kier molecular flexibility index (Phi) is 6.18. The normalized spacial score (nSPS) is 16.7. The van der Waals surface area contributed by atoms with Gasteiger partial charge in [-0.15, -0.1) is 11.3 Å². The van der Waals surface area contributed by atoms with E-state index in [-0.39, 0.29) is 5.91 Å². The molecule has 1 aliphatic rings. The van der Waals surface area contributed by atoms with Crippen molar-refractivity contribution in [1.82, 2.24) is 20.5 Å². The number of aryl methyl sites for hydroxylation is 1. The van der Waals surface area contributed by atoms with Gasteiger partial charge in [0, 0.05) is 44.7 Å². The molecule has 0 unspecified atom stereocenters. The van der Waals surface area contributed by atoms with E-state index >= 15 is 0 Å². The standard InChI is InChI=1S/C15H25N5OS/c1-11-9-18-14(22-11)10-19-15(17-3)20-6-4-12(5-7-20)8-13(21)16-2/h9,12H,4-8,10H2,1-3H3,(H,16,21)(H,17,19). The van der Waals surface area contributed by atoms with Crippen molar-refractivity contribution in [2.75, 3.05) is 27.2 Å². The molecule has 2 heterocycles. The van der Waals surface area contributed by atoms with Gasteiger partial charge in [-0.3, -0.25) is 9.79 Å². The topological polar surface area (TPSA) is 69.6 Å². The van der Waals surface area contributed by atoms with Gasteiger partial charge >= 0.3 is 0 Å². The average Bonchev–Trinajstić information content (AvgIpc) is 2.95. The van der Waals surface area contributed by atoms with Gasteiger partial charge in [0.2, 0.25) is 5.91 Å². The second kappa shape index (κ2) is 8.12. The lowest BCUT2D eigenvalue weighted by molar-refractivity contribution is -0.121. The van der Waals surface area contributed by atoms with E-state index in [4.69, 9.17) is 0 Å². The molecular formula is C15H25N5OS. The Morgan fingerprint density at radius 2 is 2.23 bits per heavy atom. The molecule has 0 aliphatic carbocycles. The monoisotopic (exact) mass is 323 g/mol. The molecule has 22 heavy (non-hydrogen) atoms. The lowest BCUT2D eigenvalue weighted by Gasteiger charge is -2.33. The van der Waals surface area contributed by atoms with Gasteiger partial charge in [-0.05, 0) is 25.7 Å². The molecule has 1 fully saturated rings. The van der Waals surface area contributed by atoms with Crippen LogP contribution in [0.25, 0.3) is 0 Å². The van der Waals surface area contributed by atoms with Crippen LogP contribution in [0, 0.1) is 12.8 Å². The highest BCUT2D eigenvalue weighted by atomic mass is 32.1. The molecule has 7 heteroatoms. The van der Waals surface area contributed by atoms with Crippen LogP contribution in [-0.2, 0) is 11.3 Å². The summed E-state index contributed by atoms with van der Waals surface area (Å²) in [5, 5.41) is 7.16. The smallest absolute Gasteiger partial charge is 0.220 e. The molecule has 0 spiro atoms. The zero-order valence-electron chi connectivity index (χ0n) is 13.6. The number of carbonyl (C=O) groups is 1. The van der Waals surface area contributed by atoms with E-state index < -0.39 is 0 Å². The molecular weight excluding hydrogens is 298 g/mol. The van der Waals surface area contributed by atoms with Crippen molar-refractivity contribution in [2.45, 2.75) is 32.7 Å². The molecule has 0 radical (unpaired) electrons. The molecule has 6 nitrogen and oxygen atoms in total. The van der Waals surface area contributed by atoms with Crippen molar-refractivity contribution >= 4 is 23.2 Å². The molecule has 1 saturated heterocycles. The van der Waals surface area contributed by atoms with Crippen LogP contribution < -0.4 is 10.6 Å². The number of hydrogen-bond donors (Lipinski definition) is 2. The maximum atomic E-state index is 11.4. The summed E-state index contributed by atoms with van der Waals surface area (Å²) in [6, 6.07) is 0. The Bertz CT molecular complexity index is 520. The second-order valence-electron chi connectivity index (χ2n) is 5.57. The fourth-order valence-corrected chi connectivity index (χ4v) is 3.41. The van der Waals surface area contributed by atoms with Crippen molar-refractivity contribution in [1.29, 1.82) is 0 Å². The highest BCUT2D eigenvalue weighted by Gasteiger charge is 2.23. The summed E-state index contributed by atoms with van der Waals surface area (Å²) in [4.78, 5) is 23.7. The van der Waals surface area contributed by atoms with Crippen molar-refractivity contribution in [3.05, 3.63) is 16.1 Å². The number of amides is 1. The van der Waals surface area contributed by atoms with Gasteiger partial charge in [-0.2, -0.15) is 0 Å². The van der Waals surface area contributed by atoms with E-state index in [1.807, 2.05) is 13.2 Å². The SMILES string of the molecule is CN=C(NCc1ncc(C)s1)N1CCC(CC(=O)NC)CC1. The number of carbonyl (C=O) groups excluding carboxylic acids is 1. The van der Waals surface area contributed by atoms with E-state index in [0.717, 1.165) is 36.9 Å². The number of guanidine groups is 1. The second-order valence-corrected chi connectivity index (χ2v) is 6.89. The van der Waals surface area contributed by atoms with E-state index in [0.29, 0.717) is 18.9 Å². The first-order chi connectivity index (χ1) is 10.6. The summed E-state index contributed by atoms with van der Waals surface area (Å²) in [5.41, 5.74) is 0. The maximum Gasteiger partial charge on any atom is 0.220 e. The van der Waals surface area contributed by atoms with E-state index in [1.54, 1.807) is 18.4 Å². The van der Waals surface area contributed by atoms with Crippen LogP contribution in [0.1, 0.15) is 29.1 Å². The van der Waals surface area contributed by atoms with Gasteiger partial charge < -0.3 is 15.5 Å². The number of likely N-dealkylation sites (tertiary alicyclic amines) is 1. The number of thiazole rings is 1. The van der Waals surface area contributed by atoms with Crippen LogP contribution in [0.15, 0.2) is 11.2 Å². The van der Waals surface area contributed by atoms with Crippen LogP contribution in [0.5, 0.6) is 0 Å². The van der Waals surface area contributed by atoms with Crippen LogP contribution in [0.2, 0.25) is 0 Å². The first-order valence-corrected chi connectivity index (χ1v) is 8.51. The van der Waals surface area contributed by atoms with Crippen LogP contribution in [-0.4, -0.2) is 48.9 Å². The van der Waals surface area contributed by atoms with Crippen LogP contribution in [0.4, 0.5) is 0 Å². The lowest BCUT2D eigenvalue weighted by atomic mass is 9.93. The molecule has 0 bridgehead atoms. The summed E-state index contributed by atoms with van der Waals surface area (Å²) in [5.74, 6) is 1.54. The summed E-state index contributed by atoms with van der Waals surface area (Å²) in [6.45, 7) is 4.66. The minimum absolute atomic E-state index is 0.139. The van der Waals surface area contributed by atoms with Crippen molar-refractivity contribution in [3.8, 4) is 0 Å². The predicted molar refractivity (Wildman–Crippen MR) is 90.0 cm³/mol. The third-order valence-corrected chi connectivity index (χ3v) is 4.86. The van der Waals surface area contributed by atoms with Crippen molar-refractivity contribution in [3.63, 3.8) is 0 Å². The van der Waals surface area contributed by atoms with E-state index in [2.05, 4.69) is 32.4 Å². The third-order valence-electron chi connectivity index (χ3n) is 3.95. The van der Waals surface area contributed by atoms with Crippen molar-refractivity contribution < 1.29 is 4.79 Å².